The van der Waals surface area contributed by atoms with Crippen LogP contribution in [0.4, 0.5) is 10.7 Å². The van der Waals surface area contributed by atoms with Crippen LogP contribution in [0.5, 0.6) is 0 Å². The third-order valence-corrected chi connectivity index (χ3v) is 3.88. The molecule has 0 spiro atoms. The van der Waals surface area contributed by atoms with Gasteiger partial charge in [-0.25, -0.2) is 0 Å². The van der Waals surface area contributed by atoms with Gasteiger partial charge >= 0.3 is 0 Å². The van der Waals surface area contributed by atoms with Gasteiger partial charge in [-0.2, -0.15) is 5.26 Å². The number of nitrogen functional groups attached to an aromatic ring is 1. The Morgan fingerprint density at radius 1 is 1.68 bits per heavy atom. The second-order valence-corrected chi connectivity index (χ2v) is 5.06. The lowest BCUT2D eigenvalue weighted by molar-refractivity contribution is 0.0963. The van der Waals surface area contributed by atoms with Crippen LogP contribution < -0.4 is 16.0 Å². The number of carbonyl (C=O) groups is 1. The van der Waals surface area contributed by atoms with Gasteiger partial charge in [0.2, 0.25) is 0 Å². The van der Waals surface area contributed by atoms with Gasteiger partial charge in [0, 0.05) is 20.1 Å². The lowest BCUT2D eigenvalue weighted by Crippen LogP contribution is -2.23. The van der Waals surface area contributed by atoms with E-state index in [2.05, 4.69) is 24.9 Å². The van der Waals surface area contributed by atoms with Gasteiger partial charge in [0.05, 0.1) is 5.69 Å². The Balaban J connectivity index is 3.12. The van der Waals surface area contributed by atoms with Crippen molar-refractivity contribution < 1.29 is 4.79 Å². The number of nitrogens with one attached hydrogen (secondary N) is 1. The maximum atomic E-state index is 11.9. The van der Waals surface area contributed by atoms with E-state index in [4.69, 9.17) is 5.73 Å². The Labute approximate surface area is 117 Å². The number of carbonyl (C=O) groups excluding carboxylic acids is 1. The van der Waals surface area contributed by atoms with Gasteiger partial charge in [0.1, 0.15) is 21.5 Å². The summed E-state index contributed by atoms with van der Waals surface area (Å²) in [6.45, 7) is 6.77. The van der Waals surface area contributed by atoms with Crippen molar-refractivity contribution >= 4 is 27.9 Å². The van der Waals surface area contributed by atoms with Gasteiger partial charge in [-0.15, -0.1) is 17.9 Å². The van der Waals surface area contributed by atoms with E-state index >= 15 is 0 Å². The Morgan fingerprint density at radius 3 is 2.89 bits per heavy atom. The Morgan fingerprint density at radius 2 is 2.37 bits per heavy atom. The van der Waals surface area contributed by atoms with Crippen LogP contribution in [0.15, 0.2) is 12.7 Å². The molecule has 1 rings (SSSR count). The number of nitrogens with zero attached hydrogens (tertiary/aromatic N) is 2. The van der Waals surface area contributed by atoms with Gasteiger partial charge in [0.15, 0.2) is 0 Å². The fraction of sp³-hybridized carbons (Fsp3) is 0.385. The average molecular weight is 278 g/mol. The molecule has 3 N–H and O–H groups in total. The highest BCUT2D eigenvalue weighted by molar-refractivity contribution is 7.19. The number of hydrogen-bond acceptors (Lipinski definition) is 5. The summed E-state index contributed by atoms with van der Waals surface area (Å²) in [7, 11) is 1.89. The predicted molar refractivity (Wildman–Crippen MR) is 79.5 cm³/mol. The minimum absolute atomic E-state index is 0.256. The summed E-state index contributed by atoms with van der Waals surface area (Å²) in [5.41, 5.74) is 6.53. The molecule has 1 heterocycles. The van der Waals surface area contributed by atoms with Crippen LogP contribution in [0.25, 0.3) is 0 Å². The van der Waals surface area contributed by atoms with Gasteiger partial charge in [0.25, 0.3) is 5.91 Å². The highest BCUT2D eigenvalue weighted by Gasteiger charge is 2.22. The van der Waals surface area contributed by atoms with E-state index < -0.39 is 0 Å². The van der Waals surface area contributed by atoms with Crippen LogP contribution >= 0.6 is 11.3 Å². The van der Waals surface area contributed by atoms with E-state index in [0.29, 0.717) is 17.0 Å². The molecule has 0 unspecified atom stereocenters. The van der Waals surface area contributed by atoms with E-state index in [0.717, 1.165) is 18.0 Å². The first-order chi connectivity index (χ1) is 9.06. The zero-order chi connectivity index (χ0) is 14.4. The zero-order valence-electron chi connectivity index (χ0n) is 11.2. The number of hydrogen-bond donors (Lipinski definition) is 2. The Hall–Kier alpha value is -2.00. The van der Waals surface area contributed by atoms with Gasteiger partial charge < -0.3 is 16.0 Å². The fourth-order valence-corrected chi connectivity index (χ4v) is 2.73. The number of rotatable bonds is 6. The normalized spacial score (nSPS) is 9.74. The quantitative estimate of drug-likeness (QED) is 0.779. The molecule has 0 aromatic carbocycles. The SMILES string of the molecule is C=CCNC(=O)c1sc(N(C)CCC)c(C#N)c1N. The van der Waals surface area contributed by atoms with E-state index in [1.165, 1.54) is 11.3 Å². The van der Waals surface area contributed by atoms with Crippen molar-refractivity contribution in [1.82, 2.24) is 5.32 Å². The monoisotopic (exact) mass is 278 g/mol. The molecule has 0 radical (unpaired) electrons. The van der Waals surface area contributed by atoms with Crippen molar-refractivity contribution in [3.05, 3.63) is 23.1 Å². The molecule has 1 aromatic rings. The van der Waals surface area contributed by atoms with E-state index in [1.807, 2.05) is 11.9 Å². The third-order valence-electron chi connectivity index (χ3n) is 2.56. The highest BCUT2D eigenvalue weighted by Crippen LogP contribution is 2.37. The molecule has 6 heteroatoms. The molecule has 0 aliphatic rings. The lowest BCUT2D eigenvalue weighted by Gasteiger charge is -2.16. The predicted octanol–water partition coefficient (Wildman–Crippen LogP) is 1.96. The lowest BCUT2D eigenvalue weighted by atomic mass is 10.2. The smallest absolute Gasteiger partial charge is 0.263 e. The second-order valence-electron chi connectivity index (χ2n) is 4.06. The van der Waals surface area contributed by atoms with Crippen LogP contribution in [0.2, 0.25) is 0 Å². The molecular formula is C13H18N4OS. The molecule has 5 nitrogen and oxygen atoms in total. The van der Waals surface area contributed by atoms with Crippen molar-refractivity contribution in [2.75, 3.05) is 30.8 Å². The average Bonchev–Trinajstić information content (AvgIpc) is 2.73. The number of anilines is 2. The summed E-state index contributed by atoms with van der Waals surface area (Å²) in [6.07, 6.45) is 2.55. The van der Waals surface area contributed by atoms with Gasteiger partial charge in [-0.1, -0.05) is 13.0 Å². The van der Waals surface area contributed by atoms with Crippen LogP contribution in [0.1, 0.15) is 28.6 Å². The molecule has 0 atom stereocenters. The summed E-state index contributed by atoms with van der Waals surface area (Å²) < 4.78 is 0. The number of thiophene rings is 1. The van der Waals surface area contributed by atoms with Crippen molar-refractivity contribution in [3.8, 4) is 6.07 Å². The van der Waals surface area contributed by atoms with Crippen LogP contribution in [0, 0.1) is 11.3 Å². The molecule has 0 fully saturated rings. The molecular weight excluding hydrogens is 260 g/mol. The summed E-state index contributed by atoms with van der Waals surface area (Å²) in [6, 6.07) is 2.08. The number of nitriles is 1. The number of amides is 1. The fourth-order valence-electron chi connectivity index (χ4n) is 1.66. The molecule has 1 amide bonds. The number of nitrogens with two attached hydrogens (primary N) is 1. The highest BCUT2D eigenvalue weighted by atomic mass is 32.1. The largest absolute Gasteiger partial charge is 0.396 e. The second kappa shape index (κ2) is 6.81. The molecule has 0 aliphatic heterocycles. The summed E-state index contributed by atoms with van der Waals surface area (Å²) in [5.74, 6) is -0.268. The summed E-state index contributed by atoms with van der Waals surface area (Å²) in [5, 5.41) is 12.6. The molecule has 0 bridgehead atoms. The summed E-state index contributed by atoms with van der Waals surface area (Å²) in [4.78, 5) is 14.3. The van der Waals surface area contributed by atoms with Crippen molar-refractivity contribution in [2.45, 2.75) is 13.3 Å². The maximum absolute atomic E-state index is 11.9. The minimum Gasteiger partial charge on any atom is -0.396 e. The van der Waals surface area contributed by atoms with Crippen molar-refractivity contribution in [3.63, 3.8) is 0 Å². The van der Waals surface area contributed by atoms with Crippen LogP contribution in [-0.2, 0) is 0 Å². The van der Waals surface area contributed by atoms with Crippen molar-refractivity contribution in [2.24, 2.45) is 0 Å². The third kappa shape index (κ3) is 3.26. The minimum atomic E-state index is -0.268. The van der Waals surface area contributed by atoms with Gasteiger partial charge in [-0.05, 0) is 6.42 Å². The van der Waals surface area contributed by atoms with Crippen molar-refractivity contribution in [1.29, 1.82) is 5.26 Å². The topological polar surface area (TPSA) is 82.2 Å². The molecule has 0 saturated heterocycles. The van der Waals surface area contributed by atoms with E-state index in [9.17, 15) is 10.1 Å². The van der Waals surface area contributed by atoms with E-state index in [1.54, 1.807) is 6.08 Å². The molecule has 0 saturated carbocycles. The standard InChI is InChI=1S/C13H18N4OS/c1-4-6-16-12(18)11-10(15)9(8-14)13(19-11)17(3)7-5-2/h4H,1,5-7,15H2,2-3H3,(H,16,18). The zero-order valence-corrected chi connectivity index (χ0v) is 12.0. The van der Waals surface area contributed by atoms with E-state index in [-0.39, 0.29) is 11.6 Å². The first-order valence-electron chi connectivity index (χ1n) is 5.99. The molecule has 19 heavy (non-hydrogen) atoms. The molecule has 0 aliphatic carbocycles. The van der Waals surface area contributed by atoms with Gasteiger partial charge in [-0.3, -0.25) is 4.79 Å². The van der Waals surface area contributed by atoms with Crippen LogP contribution in [0.3, 0.4) is 0 Å². The molecule has 102 valence electrons. The first-order valence-corrected chi connectivity index (χ1v) is 6.81. The summed E-state index contributed by atoms with van der Waals surface area (Å²) >= 11 is 1.25. The molecule has 1 aromatic heterocycles. The Kier molecular flexibility index (Phi) is 5.39. The Bertz CT molecular complexity index is 515. The first kappa shape index (κ1) is 15.1. The van der Waals surface area contributed by atoms with Crippen LogP contribution in [-0.4, -0.2) is 26.0 Å². The maximum Gasteiger partial charge on any atom is 0.263 e.